The number of benzene rings is 2. The number of nitro benzene ring substituents is 1. The molecule has 0 aliphatic rings. The van der Waals surface area contributed by atoms with Crippen molar-refractivity contribution in [3.05, 3.63) is 69.8 Å². The Kier molecular flexibility index (Phi) is 4.32. The smallest absolute Gasteiger partial charge is 0.274 e. The van der Waals surface area contributed by atoms with Crippen LogP contribution in [-0.2, 0) is 0 Å². The van der Waals surface area contributed by atoms with E-state index >= 15 is 0 Å². The van der Waals surface area contributed by atoms with Gasteiger partial charge in [0.15, 0.2) is 0 Å². The second-order valence-corrected chi connectivity index (χ2v) is 4.50. The van der Waals surface area contributed by atoms with E-state index in [0.717, 1.165) is 5.56 Å². The Morgan fingerprint density at radius 3 is 2.50 bits per heavy atom. The standard InChI is InChI=1S/C15H16N2O3/c1-11-13(8-5-9-15(11)17(19)20)16-14(10-18)12-6-3-2-4-7-12/h2-9,14,16,18H,10H2,1H3. The third kappa shape index (κ3) is 2.95. The summed E-state index contributed by atoms with van der Waals surface area (Å²) in [5.41, 5.74) is 2.22. The van der Waals surface area contributed by atoms with Gasteiger partial charge in [0, 0.05) is 17.3 Å². The summed E-state index contributed by atoms with van der Waals surface area (Å²) in [5, 5.41) is 23.6. The number of nitro groups is 1. The zero-order valence-electron chi connectivity index (χ0n) is 11.1. The van der Waals surface area contributed by atoms with Crippen molar-refractivity contribution in [3.8, 4) is 0 Å². The van der Waals surface area contributed by atoms with Gasteiger partial charge in [-0.2, -0.15) is 0 Å². The average molecular weight is 272 g/mol. The van der Waals surface area contributed by atoms with Gasteiger partial charge in [0.25, 0.3) is 5.69 Å². The minimum absolute atomic E-state index is 0.0692. The quantitative estimate of drug-likeness (QED) is 0.648. The maximum absolute atomic E-state index is 10.9. The lowest BCUT2D eigenvalue weighted by molar-refractivity contribution is -0.385. The van der Waals surface area contributed by atoms with Crippen LogP contribution in [-0.4, -0.2) is 16.6 Å². The summed E-state index contributed by atoms with van der Waals surface area (Å²) in [7, 11) is 0. The maximum Gasteiger partial charge on any atom is 0.274 e. The second-order valence-electron chi connectivity index (χ2n) is 4.50. The molecule has 20 heavy (non-hydrogen) atoms. The molecule has 5 nitrogen and oxygen atoms in total. The Morgan fingerprint density at radius 2 is 1.90 bits per heavy atom. The molecule has 2 aromatic rings. The molecule has 0 aliphatic heterocycles. The lowest BCUT2D eigenvalue weighted by Crippen LogP contribution is -2.15. The van der Waals surface area contributed by atoms with Gasteiger partial charge in [-0.25, -0.2) is 0 Å². The van der Waals surface area contributed by atoms with Crippen LogP contribution in [0.25, 0.3) is 0 Å². The Morgan fingerprint density at radius 1 is 1.20 bits per heavy atom. The highest BCUT2D eigenvalue weighted by Gasteiger charge is 2.16. The molecular formula is C15H16N2O3. The average Bonchev–Trinajstić information content (AvgIpc) is 2.47. The first-order valence-corrected chi connectivity index (χ1v) is 6.30. The van der Waals surface area contributed by atoms with Crippen molar-refractivity contribution >= 4 is 11.4 Å². The summed E-state index contributed by atoms with van der Waals surface area (Å²) < 4.78 is 0. The third-order valence-corrected chi connectivity index (χ3v) is 3.22. The van der Waals surface area contributed by atoms with Crippen LogP contribution in [0.5, 0.6) is 0 Å². The molecule has 0 amide bonds. The van der Waals surface area contributed by atoms with E-state index in [2.05, 4.69) is 5.32 Å². The van der Waals surface area contributed by atoms with Gasteiger partial charge in [-0.1, -0.05) is 36.4 Å². The highest BCUT2D eigenvalue weighted by Crippen LogP contribution is 2.28. The largest absolute Gasteiger partial charge is 0.394 e. The molecule has 104 valence electrons. The molecule has 1 atom stereocenters. The highest BCUT2D eigenvalue weighted by molar-refractivity contribution is 5.60. The summed E-state index contributed by atoms with van der Waals surface area (Å²) in [6.07, 6.45) is 0. The number of aliphatic hydroxyl groups is 1. The van der Waals surface area contributed by atoms with Gasteiger partial charge in [-0.05, 0) is 18.6 Å². The minimum Gasteiger partial charge on any atom is -0.394 e. The van der Waals surface area contributed by atoms with Gasteiger partial charge in [0.05, 0.1) is 17.6 Å². The lowest BCUT2D eigenvalue weighted by Gasteiger charge is -2.19. The van der Waals surface area contributed by atoms with Gasteiger partial charge >= 0.3 is 0 Å². The summed E-state index contributed by atoms with van der Waals surface area (Å²) in [5.74, 6) is 0. The van der Waals surface area contributed by atoms with E-state index in [9.17, 15) is 15.2 Å². The first-order chi connectivity index (χ1) is 9.63. The second kappa shape index (κ2) is 6.16. The molecule has 0 saturated carbocycles. The molecule has 2 aromatic carbocycles. The Bertz CT molecular complexity index is 599. The summed E-state index contributed by atoms with van der Waals surface area (Å²) >= 11 is 0. The van der Waals surface area contributed by atoms with E-state index in [-0.39, 0.29) is 18.3 Å². The SMILES string of the molecule is Cc1c(NC(CO)c2ccccc2)cccc1[N+](=O)[O-]. The van der Waals surface area contributed by atoms with Gasteiger partial charge in [0.1, 0.15) is 0 Å². The zero-order chi connectivity index (χ0) is 14.5. The van der Waals surface area contributed by atoms with Crippen molar-refractivity contribution in [2.45, 2.75) is 13.0 Å². The van der Waals surface area contributed by atoms with E-state index in [1.54, 1.807) is 19.1 Å². The van der Waals surface area contributed by atoms with Crippen molar-refractivity contribution in [2.75, 3.05) is 11.9 Å². The van der Waals surface area contributed by atoms with Gasteiger partial charge in [0.2, 0.25) is 0 Å². The molecule has 2 rings (SSSR count). The van der Waals surface area contributed by atoms with Gasteiger partial charge < -0.3 is 10.4 Å². The number of anilines is 1. The van der Waals surface area contributed by atoms with Crippen LogP contribution in [0.15, 0.2) is 48.5 Å². The van der Waals surface area contributed by atoms with Crippen LogP contribution in [0.4, 0.5) is 11.4 Å². The zero-order valence-corrected chi connectivity index (χ0v) is 11.1. The van der Waals surface area contributed by atoms with Crippen LogP contribution in [0.3, 0.4) is 0 Å². The predicted molar refractivity (Wildman–Crippen MR) is 77.7 cm³/mol. The minimum atomic E-state index is -0.406. The number of aliphatic hydroxyl groups excluding tert-OH is 1. The Balaban J connectivity index is 2.29. The molecule has 0 fully saturated rings. The van der Waals surface area contributed by atoms with Crippen molar-refractivity contribution in [3.63, 3.8) is 0 Å². The van der Waals surface area contributed by atoms with Gasteiger partial charge in [-0.3, -0.25) is 10.1 Å². The Hall–Kier alpha value is -2.40. The third-order valence-electron chi connectivity index (χ3n) is 3.22. The molecule has 0 aromatic heterocycles. The number of nitrogens with one attached hydrogen (secondary N) is 1. The van der Waals surface area contributed by atoms with E-state index in [1.807, 2.05) is 30.3 Å². The number of rotatable bonds is 5. The van der Waals surface area contributed by atoms with Crippen LogP contribution in [0, 0.1) is 17.0 Å². The number of hydrogen-bond acceptors (Lipinski definition) is 4. The molecule has 0 saturated heterocycles. The van der Waals surface area contributed by atoms with Crippen molar-refractivity contribution in [1.82, 2.24) is 0 Å². The van der Waals surface area contributed by atoms with Gasteiger partial charge in [-0.15, -0.1) is 0 Å². The van der Waals surface area contributed by atoms with Crippen LogP contribution < -0.4 is 5.32 Å². The summed E-state index contributed by atoms with van der Waals surface area (Å²) in [6.45, 7) is 1.60. The monoisotopic (exact) mass is 272 g/mol. The fraction of sp³-hybridized carbons (Fsp3) is 0.200. The van der Waals surface area contributed by atoms with E-state index < -0.39 is 4.92 Å². The molecule has 5 heteroatoms. The molecule has 1 unspecified atom stereocenters. The molecule has 0 heterocycles. The number of nitrogens with zero attached hydrogens (tertiary/aromatic N) is 1. The molecule has 0 spiro atoms. The lowest BCUT2D eigenvalue weighted by atomic mass is 10.1. The first-order valence-electron chi connectivity index (χ1n) is 6.30. The number of hydrogen-bond donors (Lipinski definition) is 2. The summed E-state index contributed by atoms with van der Waals surface area (Å²) in [6, 6.07) is 14.1. The van der Waals surface area contributed by atoms with Crippen molar-refractivity contribution < 1.29 is 10.0 Å². The summed E-state index contributed by atoms with van der Waals surface area (Å²) in [4.78, 5) is 10.5. The van der Waals surface area contributed by atoms with Crippen molar-refractivity contribution in [1.29, 1.82) is 0 Å². The fourth-order valence-electron chi connectivity index (χ4n) is 2.09. The molecular weight excluding hydrogens is 256 g/mol. The van der Waals surface area contributed by atoms with Crippen molar-refractivity contribution in [2.24, 2.45) is 0 Å². The first kappa shape index (κ1) is 14.0. The van der Waals surface area contributed by atoms with Crippen LogP contribution in [0.2, 0.25) is 0 Å². The molecule has 0 radical (unpaired) electrons. The highest BCUT2D eigenvalue weighted by atomic mass is 16.6. The van der Waals surface area contributed by atoms with E-state index in [1.165, 1.54) is 6.07 Å². The predicted octanol–water partition coefficient (Wildman–Crippen LogP) is 3.05. The Labute approximate surface area is 117 Å². The van der Waals surface area contributed by atoms with Crippen LogP contribution >= 0.6 is 0 Å². The van der Waals surface area contributed by atoms with Crippen LogP contribution in [0.1, 0.15) is 17.2 Å². The van der Waals surface area contributed by atoms with E-state index in [0.29, 0.717) is 11.3 Å². The fourth-order valence-corrected chi connectivity index (χ4v) is 2.09. The van der Waals surface area contributed by atoms with E-state index in [4.69, 9.17) is 0 Å². The molecule has 0 bridgehead atoms. The topological polar surface area (TPSA) is 75.4 Å². The normalized spacial score (nSPS) is 11.9. The molecule has 0 aliphatic carbocycles. The maximum atomic E-state index is 10.9. The molecule has 2 N–H and O–H groups in total.